The van der Waals surface area contributed by atoms with Gasteiger partial charge in [-0.25, -0.2) is 5.01 Å². The number of nitrogens with one attached hydrogen (secondary N) is 1. The average molecular weight is 166 g/mol. The molecule has 0 radical (unpaired) electrons. The van der Waals surface area contributed by atoms with Gasteiger partial charge in [0.15, 0.2) is 0 Å². The maximum Gasteiger partial charge on any atom is 0.409 e. The van der Waals surface area contributed by atoms with Crippen LogP contribution in [-0.2, 0) is 0 Å². The Kier molecular flexibility index (Phi) is 1.83. The van der Waals surface area contributed by atoms with Crippen molar-refractivity contribution in [1.29, 1.82) is 0 Å². The third-order valence-corrected chi connectivity index (χ3v) is 1.51. The maximum absolute atomic E-state index is 12.1. The first-order valence-corrected chi connectivity index (χ1v) is 3.16. The van der Waals surface area contributed by atoms with Crippen LogP contribution in [0.15, 0.2) is 11.8 Å². The molecule has 0 bridgehead atoms. The fraction of sp³-hybridized carbons (Fsp3) is 0.667. The lowest BCUT2D eigenvalue weighted by molar-refractivity contribution is -0.168. The fourth-order valence-corrected chi connectivity index (χ4v) is 1.05. The second kappa shape index (κ2) is 2.41. The van der Waals surface area contributed by atoms with E-state index >= 15 is 0 Å². The molecule has 1 rings (SSSR count). The predicted molar refractivity (Wildman–Crippen MR) is 34.5 cm³/mol. The lowest BCUT2D eigenvalue weighted by Crippen LogP contribution is -2.43. The van der Waals surface area contributed by atoms with Crippen LogP contribution in [0.3, 0.4) is 0 Å². The Morgan fingerprint density at radius 1 is 1.55 bits per heavy atom. The van der Waals surface area contributed by atoms with E-state index in [0.29, 0.717) is 5.70 Å². The molecular formula is C6H9F3N2. The van der Waals surface area contributed by atoms with E-state index in [1.807, 2.05) is 0 Å². The first-order chi connectivity index (χ1) is 4.91. The van der Waals surface area contributed by atoms with Gasteiger partial charge in [-0.2, -0.15) is 13.2 Å². The third-order valence-electron chi connectivity index (χ3n) is 1.51. The van der Waals surface area contributed by atoms with E-state index in [1.165, 1.54) is 7.05 Å². The molecule has 0 aromatic heterocycles. The third kappa shape index (κ3) is 1.65. The predicted octanol–water partition coefficient (Wildman–Crippen LogP) is 1.27. The number of nitrogens with zero attached hydrogens (tertiary/aromatic N) is 1. The molecule has 0 saturated heterocycles. The van der Waals surface area contributed by atoms with Crippen molar-refractivity contribution < 1.29 is 13.2 Å². The molecule has 5 heteroatoms. The number of likely N-dealkylation sites (N-methyl/N-ethyl adjacent to an activating group) is 1. The summed E-state index contributed by atoms with van der Waals surface area (Å²) in [7, 11) is 1.37. The quantitative estimate of drug-likeness (QED) is 0.583. The smallest absolute Gasteiger partial charge is 0.323 e. The molecule has 1 N–H and O–H groups in total. The van der Waals surface area contributed by atoms with Crippen molar-refractivity contribution in [2.75, 3.05) is 7.05 Å². The monoisotopic (exact) mass is 166 g/mol. The number of alkyl halides is 3. The topological polar surface area (TPSA) is 15.3 Å². The van der Waals surface area contributed by atoms with Crippen LogP contribution in [0.5, 0.6) is 0 Å². The fourth-order valence-electron chi connectivity index (χ4n) is 1.05. The van der Waals surface area contributed by atoms with E-state index in [0.717, 1.165) is 11.1 Å². The highest BCUT2D eigenvalue weighted by atomic mass is 19.4. The van der Waals surface area contributed by atoms with Crippen molar-refractivity contribution in [3.63, 3.8) is 0 Å². The molecule has 0 aromatic carbocycles. The minimum absolute atomic E-state index is 0.537. The molecule has 0 aromatic rings. The molecule has 0 aliphatic carbocycles. The van der Waals surface area contributed by atoms with Crippen molar-refractivity contribution >= 4 is 0 Å². The molecule has 0 fully saturated rings. The van der Waals surface area contributed by atoms with Gasteiger partial charge in [0.2, 0.25) is 0 Å². The number of rotatable bonds is 0. The molecule has 1 atom stereocenters. The summed E-state index contributed by atoms with van der Waals surface area (Å²) in [6, 6.07) is -1.48. The highest BCUT2D eigenvalue weighted by Gasteiger charge is 2.43. The van der Waals surface area contributed by atoms with Crippen molar-refractivity contribution in [2.45, 2.75) is 19.1 Å². The van der Waals surface area contributed by atoms with Crippen LogP contribution in [0.2, 0.25) is 0 Å². The highest BCUT2D eigenvalue weighted by Crippen LogP contribution is 2.27. The van der Waals surface area contributed by atoms with Gasteiger partial charge in [0.05, 0.1) is 0 Å². The van der Waals surface area contributed by atoms with Gasteiger partial charge in [-0.3, -0.25) is 0 Å². The van der Waals surface area contributed by atoms with Crippen molar-refractivity contribution in [3.05, 3.63) is 11.8 Å². The van der Waals surface area contributed by atoms with E-state index in [4.69, 9.17) is 0 Å². The molecule has 1 unspecified atom stereocenters. The van der Waals surface area contributed by atoms with Gasteiger partial charge in [0, 0.05) is 12.7 Å². The van der Waals surface area contributed by atoms with Crippen LogP contribution in [0, 0.1) is 0 Å². The summed E-state index contributed by atoms with van der Waals surface area (Å²) in [5, 5.41) is 1.04. The van der Waals surface area contributed by atoms with E-state index in [-0.39, 0.29) is 0 Å². The zero-order valence-electron chi connectivity index (χ0n) is 6.24. The average Bonchev–Trinajstić information content (AvgIpc) is 2.08. The Labute approximate surface area is 62.6 Å². The Morgan fingerprint density at radius 3 is 2.27 bits per heavy atom. The van der Waals surface area contributed by atoms with Gasteiger partial charge >= 0.3 is 6.18 Å². The van der Waals surface area contributed by atoms with Crippen LogP contribution in [0.4, 0.5) is 13.2 Å². The minimum Gasteiger partial charge on any atom is -0.323 e. The molecule has 0 saturated carbocycles. The summed E-state index contributed by atoms with van der Waals surface area (Å²) in [6.45, 7) is 1.60. The first-order valence-electron chi connectivity index (χ1n) is 3.16. The molecule has 1 aliphatic rings. The molecule has 1 heterocycles. The Hall–Kier alpha value is -0.710. The molecule has 64 valence electrons. The van der Waals surface area contributed by atoms with Crippen LogP contribution in [-0.4, -0.2) is 24.3 Å². The van der Waals surface area contributed by atoms with E-state index in [9.17, 15) is 13.2 Å². The molecule has 11 heavy (non-hydrogen) atoms. The zero-order chi connectivity index (χ0) is 8.65. The number of hydrazine groups is 1. The summed E-state index contributed by atoms with van der Waals surface area (Å²) in [4.78, 5) is 0. The van der Waals surface area contributed by atoms with Crippen molar-refractivity contribution in [1.82, 2.24) is 10.4 Å². The van der Waals surface area contributed by atoms with Gasteiger partial charge in [-0.1, -0.05) is 0 Å². The molecular weight excluding hydrogens is 157 g/mol. The number of hydrogen-bond acceptors (Lipinski definition) is 2. The van der Waals surface area contributed by atoms with E-state index in [2.05, 4.69) is 5.43 Å². The summed E-state index contributed by atoms with van der Waals surface area (Å²) >= 11 is 0. The van der Waals surface area contributed by atoms with Crippen molar-refractivity contribution in [2.24, 2.45) is 0 Å². The maximum atomic E-state index is 12.1. The number of hydrogen-bond donors (Lipinski definition) is 1. The van der Waals surface area contributed by atoms with Crippen LogP contribution in [0.1, 0.15) is 6.92 Å². The largest absolute Gasteiger partial charge is 0.409 e. The van der Waals surface area contributed by atoms with Gasteiger partial charge in [0.1, 0.15) is 6.04 Å². The summed E-state index contributed by atoms with van der Waals surface area (Å²) < 4.78 is 36.2. The number of allylic oxidation sites excluding steroid dienone is 1. The van der Waals surface area contributed by atoms with Gasteiger partial charge in [0.25, 0.3) is 0 Å². The number of halogens is 3. The van der Waals surface area contributed by atoms with Gasteiger partial charge < -0.3 is 5.43 Å². The highest BCUT2D eigenvalue weighted by molar-refractivity contribution is 5.10. The van der Waals surface area contributed by atoms with Crippen molar-refractivity contribution in [3.8, 4) is 0 Å². The van der Waals surface area contributed by atoms with Gasteiger partial charge in [-0.15, -0.1) is 0 Å². The Bertz CT molecular complexity index is 185. The summed E-state index contributed by atoms with van der Waals surface area (Å²) in [6.07, 6.45) is -3.03. The van der Waals surface area contributed by atoms with Crippen LogP contribution >= 0.6 is 0 Å². The SMILES string of the molecule is CC1=CC(C(F)(F)F)N(C)N1. The first kappa shape index (κ1) is 8.39. The second-order valence-electron chi connectivity index (χ2n) is 2.56. The standard InChI is InChI=1S/C6H9F3N2/c1-4-3-5(6(7,8)9)11(2)10-4/h3,5,10H,1-2H3. The molecule has 1 aliphatic heterocycles. The lowest BCUT2D eigenvalue weighted by atomic mass is 10.2. The van der Waals surface area contributed by atoms with Gasteiger partial charge in [-0.05, 0) is 13.0 Å². The van der Waals surface area contributed by atoms with Crippen LogP contribution in [0.25, 0.3) is 0 Å². The molecule has 2 nitrogen and oxygen atoms in total. The second-order valence-corrected chi connectivity index (χ2v) is 2.56. The zero-order valence-corrected chi connectivity index (χ0v) is 6.24. The molecule has 0 amide bonds. The summed E-state index contributed by atoms with van der Waals surface area (Å²) in [5.41, 5.74) is 3.08. The summed E-state index contributed by atoms with van der Waals surface area (Å²) in [5.74, 6) is 0. The Morgan fingerprint density at radius 2 is 2.09 bits per heavy atom. The lowest BCUT2D eigenvalue weighted by Gasteiger charge is -2.21. The van der Waals surface area contributed by atoms with E-state index < -0.39 is 12.2 Å². The van der Waals surface area contributed by atoms with Crippen LogP contribution < -0.4 is 5.43 Å². The minimum atomic E-state index is -4.18. The molecule has 0 spiro atoms. The van der Waals surface area contributed by atoms with E-state index in [1.54, 1.807) is 6.92 Å². The Balaban J connectivity index is 2.74. The normalized spacial score (nSPS) is 26.6.